The van der Waals surface area contributed by atoms with E-state index in [4.69, 9.17) is 4.74 Å². The van der Waals surface area contributed by atoms with E-state index < -0.39 is 0 Å². The van der Waals surface area contributed by atoms with E-state index in [1.54, 1.807) is 0 Å². The van der Waals surface area contributed by atoms with Gasteiger partial charge >= 0.3 is 5.97 Å². The number of hydrogen-bond acceptors (Lipinski definition) is 5. The van der Waals surface area contributed by atoms with E-state index in [1.807, 2.05) is 32.2 Å². The molecule has 0 aliphatic carbocycles. The molecule has 0 saturated carbocycles. The fourth-order valence-electron chi connectivity index (χ4n) is 1.83. The van der Waals surface area contributed by atoms with Crippen LogP contribution in [0.15, 0.2) is 16.0 Å². The second kappa shape index (κ2) is 6.01. The minimum atomic E-state index is -0.334. The first-order valence-corrected chi connectivity index (χ1v) is 7.82. The molecule has 0 saturated heterocycles. The standard InChI is InChI=1S/C14H15BrN2O2S/c1-7(2)13-16-9(5-10(15)17-13)11-8(3)6-20-12(11)14(18)19-4/h5-7H,1-4H3. The zero-order valence-corrected chi connectivity index (χ0v) is 14.1. The average Bonchev–Trinajstić information content (AvgIpc) is 2.79. The van der Waals surface area contributed by atoms with E-state index in [-0.39, 0.29) is 11.9 Å². The summed E-state index contributed by atoms with van der Waals surface area (Å²) in [6, 6.07) is 1.83. The fourth-order valence-corrected chi connectivity index (χ4v) is 3.20. The Balaban J connectivity index is 2.62. The third-order valence-corrected chi connectivity index (χ3v) is 4.31. The van der Waals surface area contributed by atoms with E-state index in [0.29, 0.717) is 9.48 Å². The van der Waals surface area contributed by atoms with Crippen LogP contribution < -0.4 is 0 Å². The number of nitrogens with zero attached hydrogens (tertiary/aromatic N) is 2. The number of aromatic nitrogens is 2. The van der Waals surface area contributed by atoms with Crippen molar-refractivity contribution in [3.63, 3.8) is 0 Å². The highest BCUT2D eigenvalue weighted by molar-refractivity contribution is 9.10. The van der Waals surface area contributed by atoms with Gasteiger partial charge < -0.3 is 4.74 Å². The summed E-state index contributed by atoms with van der Waals surface area (Å²) in [6.45, 7) is 6.03. The molecule has 0 atom stereocenters. The third kappa shape index (κ3) is 2.91. The molecule has 2 aromatic heterocycles. The van der Waals surface area contributed by atoms with Crippen molar-refractivity contribution in [3.05, 3.63) is 32.3 Å². The minimum Gasteiger partial charge on any atom is -0.465 e. The number of aryl methyl sites for hydroxylation is 1. The van der Waals surface area contributed by atoms with Crippen molar-refractivity contribution < 1.29 is 9.53 Å². The number of carbonyl (C=O) groups excluding carboxylic acids is 1. The molecule has 2 aromatic rings. The molecule has 2 rings (SSSR count). The maximum absolute atomic E-state index is 11.9. The van der Waals surface area contributed by atoms with Crippen LogP contribution in [-0.2, 0) is 4.74 Å². The zero-order chi connectivity index (χ0) is 14.9. The molecule has 0 aliphatic rings. The van der Waals surface area contributed by atoms with Gasteiger partial charge in [0.2, 0.25) is 0 Å². The molecule has 20 heavy (non-hydrogen) atoms. The average molecular weight is 355 g/mol. The van der Waals surface area contributed by atoms with E-state index in [2.05, 4.69) is 25.9 Å². The van der Waals surface area contributed by atoms with E-state index in [9.17, 15) is 4.79 Å². The molecular weight excluding hydrogens is 340 g/mol. The van der Waals surface area contributed by atoms with Crippen LogP contribution in [0.3, 0.4) is 0 Å². The largest absolute Gasteiger partial charge is 0.465 e. The van der Waals surface area contributed by atoms with Gasteiger partial charge in [0.15, 0.2) is 0 Å². The lowest BCUT2D eigenvalue weighted by molar-refractivity contribution is 0.0607. The Morgan fingerprint density at radius 3 is 2.70 bits per heavy atom. The smallest absolute Gasteiger partial charge is 0.348 e. The number of rotatable bonds is 3. The lowest BCUT2D eigenvalue weighted by atomic mass is 10.1. The van der Waals surface area contributed by atoms with Gasteiger partial charge in [-0.1, -0.05) is 13.8 Å². The first-order valence-electron chi connectivity index (χ1n) is 6.15. The zero-order valence-electron chi connectivity index (χ0n) is 11.7. The lowest BCUT2D eigenvalue weighted by Crippen LogP contribution is -2.04. The molecule has 0 N–H and O–H groups in total. The van der Waals surface area contributed by atoms with E-state index in [0.717, 1.165) is 22.6 Å². The van der Waals surface area contributed by atoms with Crippen molar-refractivity contribution in [2.75, 3.05) is 7.11 Å². The number of hydrogen-bond donors (Lipinski definition) is 0. The Kier molecular flexibility index (Phi) is 4.55. The van der Waals surface area contributed by atoms with Crippen molar-refractivity contribution >= 4 is 33.2 Å². The molecule has 0 aliphatic heterocycles. The highest BCUT2D eigenvalue weighted by Crippen LogP contribution is 2.33. The molecule has 0 fully saturated rings. The molecule has 4 nitrogen and oxygen atoms in total. The van der Waals surface area contributed by atoms with Crippen LogP contribution in [0, 0.1) is 6.92 Å². The number of methoxy groups -OCH3 is 1. The molecule has 2 heterocycles. The quantitative estimate of drug-likeness (QED) is 0.612. The summed E-state index contributed by atoms with van der Waals surface area (Å²) in [6.07, 6.45) is 0. The molecular formula is C14H15BrN2O2S. The van der Waals surface area contributed by atoms with E-state index >= 15 is 0 Å². The molecule has 0 spiro atoms. The summed E-state index contributed by atoms with van der Waals surface area (Å²) in [5.41, 5.74) is 2.58. The second-order valence-electron chi connectivity index (χ2n) is 4.70. The topological polar surface area (TPSA) is 52.1 Å². The number of carbonyl (C=O) groups is 1. The third-order valence-electron chi connectivity index (χ3n) is 2.83. The normalized spacial score (nSPS) is 10.9. The highest BCUT2D eigenvalue weighted by atomic mass is 79.9. The van der Waals surface area contributed by atoms with Crippen LogP contribution in [0.25, 0.3) is 11.3 Å². The van der Waals surface area contributed by atoms with Crippen LogP contribution in [0.2, 0.25) is 0 Å². The highest BCUT2D eigenvalue weighted by Gasteiger charge is 2.20. The molecule has 0 amide bonds. The van der Waals surface area contributed by atoms with Crippen LogP contribution in [0.5, 0.6) is 0 Å². The Morgan fingerprint density at radius 1 is 1.40 bits per heavy atom. The number of esters is 1. The van der Waals surface area contributed by atoms with Crippen molar-refractivity contribution in [1.29, 1.82) is 0 Å². The first kappa shape index (κ1) is 15.1. The van der Waals surface area contributed by atoms with Crippen LogP contribution >= 0.6 is 27.3 Å². The minimum absolute atomic E-state index is 0.215. The van der Waals surface area contributed by atoms with Crippen molar-refractivity contribution in [1.82, 2.24) is 9.97 Å². The molecule has 0 aromatic carbocycles. The van der Waals surface area contributed by atoms with Gasteiger partial charge in [-0.05, 0) is 39.9 Å². The van der Waals surface area contributed by atoms with Gasteiger partial charge in [-0.3, -0.25) is 0 Å². The van der Waals surface area contributed by atoms with Crippen LogP contribution in [0.1, 0.15) is 40.8 Å². The second-order valence-corrected chi connectivity index (χ2v) is 6.40. The summed E-state index contributed by atoms with van der Waals surface area (Å²) in [5, 5.41) is 1.94. The maximum atomic E-state index is 11.9. The molecule has 0 radical (unpaired) electrons. The Bertz CT molecular complexity index is 653. The van der Waals surface area contributed by atoms with Gasteiger partial charge in [-0.15, -0.1) is 11.3 Å². The Labute approximate surface area is 130 Å². The van der Waals surface area contributed by atoms with Crippen LogP contribution in [0.4, 0.5) is 0 Å². The monoisotopic (exact) mass is 354 g/mol. The molecule has 6 heteroatoms. The van der Waals surface area contributed by atoms with Crippen LogP contribution in [-0.4, -0.2) is 23.0 Å². The molecule has 0 unspecified atom stereocenters. The summed E-state index contributed by atoms with van der Waals surface area (Å²) in [5.74, 6) is 0.626. The van der Waals surface area contributed by atoms with Gasteiger partial charge in [0.1, 0.15) is 15.3 Å². The van der Waals surface area contributed by atoms with Crippen molar-refractivity contribution in [2.45, 2.75) is 26.7 Å². The van der Waals surface area contributed by atoms with E-state index in [1.165, 1.54) is 18.4 Å². The SMILES string of the molecule is COC(=O)c1scc(C)c1-c1cc(Br)nc(C(C)C)n1. The summed E-state index contributed by atoms with van der Waals surface area (Å²) in [4.78, 5) is 21.4. The van der Waals surface area contributed by atoms with Crippen molar-refractivity contribution in [3.8, 4) is 11.3 Å². The van der Waals surface area contributed by atoms with Gasteiger partial charge in [-0.25, -0.2) is 14.8 Å². The fraction of sp³-hybridized carbons (Fsp3) is 0.357. The molecule has 106 valence electrons. The summed E-state index contributed by atoms with van der Waals surface area (Å²) >= 11 is 4.78. The van der Waals surface area contributed by atoms with Gasteiger partial charge in [0.05, 0.1) is 12.8 Å². The summed E-state index contributed by atoms with van der Waals surface area (Å²) < 4.78 is 5.55. The summed E-state index contributed by atoms with van der Waals surface area (Å²) in [7, 11) is 1.39. The number of ether oxygens (including phenoxy) is 1. The first-order chi connectivity index (χ1) is 9.43. The maximum Gasteiger partial charge on any atom is 0.348 e. The number of halogens is 1. The van der Waals surface area contributed by atoms with Gasteiger partial charge in [0.25, 0.3) is 0 Å². The predicted octanol–water partition coefficient (Wildman–Crippen LogP) is 4.19. The number of thiophene rings is 1. The van der Waals surface area contributed by atoms with Gasteiger partial charge in [0, 0.05) is 11.5 Å². The molecule has 0 bridgehead atoms. The Morgan fingerprint density at radius 2 is 2.10 bits per heavy atom. The van der Waals surface area contributed by atoms with Gasteiger partial charge in [-0.2, -0.15) is 0 Å². The lowest BCUT2D eigenvalue weighted by Gasteiger charge is -2.09. The van der Waals surface area contributed by atoms with Crippen molar-refractivity contribution in [2.24, 2.45) is 0 Å². The Hall–Kier alpha value is -1.27. The predicted molar refractivity (Wildman–Crippen MR) is 83.2 cm³/mol.